The van der Waals surface area contributed by atoms with E-state index >= 15 is 0 Å². The number of carbonyl (C=O) groups is 1. The summed E-state index contributed by atoms with van der Waals surface area (Å²) < 4.78 is 20.3. The van der Waals surface area contributed by atoms with Gasteiger partial charge in [-0.3, -0.25) is 4.79 Å². The third-order valence-corrected chi connectivity index (χ3v) is 6.76. The molecular formula is C24H33FO3. The van der Waals surface area contributed by atoms with E-state index < -0.39 is 11.6 Å². The zero-order valence-electron chi connectivity index (χ0n) is 17.4. The van der Waals surface area contributed by atoms with Crippen molar-refractivity contribution in [1.29, 1.82) is 0 Å². The van der Waals surface area contributed by atoms with Crippen LogP contribution < -0.4 is 4.74 Å². The molecule has 0 spiro atoms. The molecular weight excluding hydrogens is 355 g/mol. The van der Waals surface area contributed by atoms with Crippen molar-refractivity contribution in [2.45, 2.75) is 84.2 Å². The minimum atomic E-state index is -0.983. The molecule has 1 aromatic rings. The minimum absolute atomic E-state index is 0.149. The van der Waals surface area contributed by atoms with E-state index in [1.54, 1.807) is 6.92 Å². The van der Waals surface area contributed by atoms with Gasteiger partial charge in [0.05, 0.1) is 0 Å². The van der Waals surface area contributed by atoms with Gasteiger partial charge < -0.3 is 9.84 Å². The fourth-order valence-corrected chi connectivity index (χ4v) is 4.74. The first kappa shape index (κ1) is 20.9. The summed E-state index contributed by atoms with van der Waals surface area (Å²) in [5.41, 5.74) is 5.25. The zero-order chi connectivity index (χ0) is 20.3. The average molecular weight is 389 g/mol. The summed E-state index contributed by atoms with van der Waals surface area (Å²) in [6.45, 7) is 6.44. The number of aryl methyl sites for hydroxylation is 1. The van der Waals surface area contributed by atoms with Crippen LogP contribution in [0, 0.1) is 19.8 Å². The molecule has 2 aliphatic rings. The molecule has 0 heterocycles. The van der Waals surface area contributed by atoms with Crippen molar-refractivity contribution in [1.82, 2.24) is 0 Å². The Morgan fingerprint density at radius 3 is 2.61 bits per heavy atom. The number of hydrogen-bond donors (Lipinski definition) is 1. The molecule has 4 heteroatoms. The number of allylic oxidation sites excluding steroid dienone is 1. The number of aliphatic carboxylic acids is 1. The molecule has 0 aliphatic heterocycles. The highest BCUT2D eigenvalue weighted by atomic mass is 19.1. The summed E-state index contributed by atoms with van der Waals surface area (Å²) in [4.78, 5) is 10.8. The van der Waals surface area contributed by atoms with Gasteiger partial charge in [-0.05, 0) is 106 Å². The lowest BCUT2D eigenvalue weighted by molar-refractivity contribution is -0.136. The molecule has 0 aromatic heterocycles. The second-order valence-electron chi connectivity index (χ2n) is 8.83. The van der Waals surface area contributed by atoms with Gasteiger partial charge in [-0.2, -0.15) is 0 Å². The van der Waals surface area contributed by atoms with Gasteiger partial charge >= 0.3 is 5.97 Å². The molecule has 1 fully saturated rings. The second kappa shape index (κ2) is 8.67. The quantitative estimate of drug-likeness (QED) is 0.574. The van der Waals surface area contributed by atoms with Crippen molar-refractivity contribution < 1.29 is 19.0 Å². The smallest absolute Gasteiger partial charge is 0.303 e. The molecule has 3 nitrogen and oxygen atoms in total. The fraction of sp³-hybridized carbons (Fsp3) is 0.625. The molecule has 28 heavy (non-hydrogen) atoms. The maximum atomic E-state index is 14.1. The zero-order valence-corrected chi connectivity index (χ0v) is 17.4. The summed E-state index contributed by atoms with van der Waals surface area (Å²) in [6.07, 6.45) is 7.37. The third-order valence-electron chi connectivity index (χ3n) is 6.76. The summed E-state index contributed by atoms with van der Waals surface area (Å²) in [5.74, 6) is 0.648. The number of carboxylic acids is 1. The normalized spacial score (nSPS) is 25.2. The topological polar surface area (TPSA) is 46.5 Å². The van der Waals surface area contributed by atoms with Gasteiger partial charge in [-0.25, -0.2) is 4.39 Å². The Hall–Kier alpha value is -1.84. The maximum absolute atomic E-state index is 14.1. The Morgan fingerprint density at radius 2 is 1.93 bits per heavy atom. The number of hydrogen-bond acceptors (Lipinski definition) is 2. The summed E-state index contributed by atoms with van der Waals surface area (Å²) in [7, 11) is 0. The van der Waals surface area contributed by atoms with Gasteiger partial charge in [-0.15, -0.1) is 0 Å². The first-order valence-corrected chi connectivity index (χ1v) is 10.6. The molecule has 2 aliphatic carbocycles. The summed E-state index contributed by atoms with van der Waals surface area (Å²) in [6, 6.07) is 3.97. The number of alkyl halides is 1. The first-order chi connectivity index (χ1) is 13.3. The molecule has 0 atom stereocenters. The van der Waals surface area contributed by atoms with E-state index in [1.807, 2.05) is 26.0 Å². The lowest BCUT2D eigenvalue weighted by atomic mass is 9.76. The van der Waals surface area contributed by atoms with Crippen LogP contribution in [0.25, 0.3) is 0 Å². The number of benzene rings is 1. The SMILES string of the molecule is Cc1c(CCC(=O)O)ccc(OCC2=C(C3CCC(C)(F)CC3)CCC2)c1C. The van der Waals surface area contributed by atoms with Crippen LogP contribution in [0.5, 0.6) is 5.75 Å². The van der Waals surface area contributed by atoms with E-state index in [2.05, 4.69) is 0 Å². The summed E-state index contributed by atoms with van der Waals surface area (Å²) in [5, 5.41) is 8.91. The molecule has 0 saturated heterocycles. The van der Waals surface area contributed by atoms with Crippen LogP contribution in [0.1, 0.15) is 75.0 Å². The van der Waals surface area contributed by atoms with Gasteiger partial charge in [0.1, 0.15) is 18.0 Å². The van der Waals surface area contributed by atoms with Crippen LogP contribution in [0.2, 0.25) is 0 Å². The van der Waals surface area contributed by atoms with E-state index in [4.69, 9.17) is 9.84 Å². The highest BCUT2D eigenvalue weighted by Gasteiger charge is 2.33. The highest BCUT2D eigenvalue weighted by Crippen LogP contribution is 2.43. The largest absolute Gasteiger partial charge is 0.489 e. The lowest BCUT2D eigenvalue weighted by Gasteiger charge is -2.32. The van der Waals surface area contributed by atoms with Gasteiger partial charge in [0.25, 0.3) is 0 Å². The van der Waals surface area contributed by atoms with Gasteiger partial charge in [0, 0.05) is 6.42 Å². The van der Waals surface area contributed by atoms with Crippen molar-refractivity contribution in [3.8, 4) is 5.75 Å². The predicted octanol–water partition coefficient (Wildman–Crippen LogP) is 6.10. The average Bonchev–Trinajstić information content (AvgIpc) is 3.10. The van der Waals surface area contributed by atoms with E-state index in [-0.39, 0.29) is 6.42 Å². The standard InChI is InChI=1S/C24H33FO3/c1-16-17(2)22(9-7-18(16)8-10-23(26)27)28-15-20-5-4-6-21(20)19-11-13-24(3,25)14-12-19/h7,9,19H,4-6,8,10-15H2,1-3H3,(H,26,27). The van der Waals surface area contributed by atoms with Gasteiger partial charge in [0.15, 0.2) is 0 Å². The molecule has 154 valence electrons. The monoisotopic (exact) mass is 388 g/mol. The third kappa shape index (κ3) is 4.95. The van der Waals surface area contributed by atoms with Crippen LogP contribution in [0.4, 0.5) is 4.39 Å². The number of halogens is 1. The van der Waals surface area contributed by atoms with Gasteiger partial charge in [0.2, 0.25) is 0 Å². The van der Waals surface area contributed by atoms with Crippen molar-refractivity contribution >= 4 is 5.97 Å². The molecule has 3 rings (SSSR count). The van der Waals surface area contributed by atoms with Gasteiger partial charge in [-0.1, -0.05) is 11.6 Å². The number of ether oxygens (including phenoxy) is 1. The molecule has 0 radical (unpaired) electrons. The van der Waals surface area contributed by atoms with Crippen molar-refractivity contribution in [3.63, 3.8) is 0 Å². The number of rotatable bonds is 7. The minimum Gasteiger partial charge on any atom is -0.489 e. The van der Waals surface area contributed by atoms with Crippen LogP contribution >= 0.6 is 0 Å². The molecule has 1 saturated carbocycles. The Kier molecular flexibility index (Phi) is 6.47. The second-order valence-corrected chi connectivity index (χ2v) is 8.83. The van der Waals surface area contributed by atoms with E-state index in [0.717, 1.165) is 48.1 Å². The Bertz CT molecular complexity index is 753. The van der Waals surface area contributed by atoms with Crippen molar-refractivity contribution in [2.24, 2.45) is 5.92 Å². The molecule has 0 bridgehead atoms. The molecule has 0 unspecified atom stereocenters. The van der Waals surface area contributed by atoms with Crippen LogP contribution in [0.15, 0.2) is 23.3 Å². The molecule has 1 N–H and O–H groups in total. The van der Waals surface area contributed by atoms with Crippen LogP contribution in [0.3, 0.4) is 0 Å². The van der Waals surface area contributed by atoms with E-state index in [0.29, 0.717) is 31.8 Å². The highest BCUT2D eigenvalue weighted by molar-refractivity contribution is 5.67. The van der Waals surface area contributed by atoms with Crippen molar-refractivity contribution in [3.05, 3.63) is 40.0 Å². The van der Waals surface area contributed by atoms with Crippen LogP contribution in [-0.2, 0) is 11.2 Å². The fourth-order valence-electron chi connectivity index (χ4n) is 4.74. The predicted molar refractivity (Wildman–Crippen MR) is 110 cm³/mol. The summed E-state index contributed by atoms with van der Waals surface area (Å²) >= 11 is 0. The molecule has 1 aromatic carbocycles. The van der Waals surface area contributed by atoms with Crippen LogP contribution in [-0.4, -0.2) is 23.4 Å². The number of carboxylic acid groups (broad SMARTS) is 1. The Labute approximate surface area is 168 Å². The van der Waals surface area contributed by atoms with Crippen molar-refractivity contribution in [2.75, 3.05) is 6.61 Å². The Morgan fingerprint density at radius 1 is 1.21 bits per heavy atom. The van der Waals surface area contributed by atoms with E-state index in [9.17, 15) is 9.18 Å². The maximum Gasteiger partial charge on any atom is 0.303 e. The Balaban J connectivity index is 1.66. The molecule has 0 amide bonds. The first-order valence-electron chi connectivity index (χ1n) is 10.6. The van der Waals surface area contributed by atoms with E-state index in [1.165, 1.54) is 17.6 Å². The lowest BCUT2D eigenvalue weighted by Crippen LogP contribution is -2.27.